The van der Waals surface area contributed by atoms with Gasteiger partial charge in [-0.3, -0.25) is 4.90 Å². The summed E-state index contributed by atoms with van der Waals surface area (Å²) in [5, 5.41) is 13.4. The van der Waals surface area contributed by atoms with E-state index in [2.05, 4.69) is 28.5 Å². The van der Waals surface area contributed by atoms with Crippen LogP contribution in [-0.4, -0.2) is 52.9 Å². The third-order valence-electron chi connectivity index (χ3n) is 7.63. The van der Waals surface area contributed by atoms with E-state index in [0.717, 1.165) is 50.9 Å². The van der Waals surface area contributed by atoms with Crippen LogP contribution in [0.25, 0.3) is 0 Å². The highest BCUT2D eigenvalue weighted by Crippen LogP contribution is 2.51. The lowest BCUT2D eigenvalue weighted by Crippen LogP contribution is -2.59. The molecule has 5 saturated heterocycles. The van der Waals surface area contributed by atoms with Crippen LogP contribution in [0.1, 0.15) is 44.1 Å². The molecule has 6 rings (SSSR count). The summed E-state index contributed by atoms with van der Waals surface area (Å²) in [6.07, 6.45) is 7.02. The third-order valence-corrected chi connectivity index (χ3v) is 9.26. The fourth-order valence-corrected chi connectivity index (χ4v) is 7.72. The molecule has 3 unspecified atom stereocenters. The fourth-order valence-electron chi connectivity index (χ4n) is 5.94. The zero-order valence-electron chi connectivity index (χ0n) is 16.8. The summed E-state index contributed by atoms with van der Waals surface area (Å²) < 4.78 is 6.06. The molecular formula is C24H31NO2S. The van der Waals surface area contributed by atoms with Crippen molar-refractivity contribution in [1.29, 1.82) is 0 Å². The number of fused-ring (bicyclic) bond motifs is 5. The maximum Gasteiger partial charge on any atom is 0.153 e. The minimum absolute atomic E-state index is 0.205. The molecular weight excluding hydrogens is 366 g/mol. The summed E-state index contributed by atoms with van der Waals surface area (Å²) in [7, 11) is 1.80. The van der Waals surface area contributed by atoms with Crippen LogP contribution in [0.2, 0.25) is 0 Å². The van der Waals surface area contributed by atoms with Gasteiger partial charge in [-0.1, -0.05) is 42.2 Å². The van der Waals surface area contributed by atoms with Crippen LogP contribution in [0.15, 0.2) is 30.3 Å². The van der Waals surface area contributed by atoms with Gasteiger partial charge in [0.1, 0.15) is 5.60 Å². The highest BCUT2D eigenvalue weighted by Gasteiger charge is 2.48. The largest absolute Gasteiger partial charge is 0.373 e. The van der Waals surface area contributed by atoms with Gasteiger partial charge in [-0.05, 0) is 57.2 Å². The van der Waals surface area contributed by atoms with Crippen LogP contribution in [0.5, 0.6) is 0 Å². The number of aliphatic hydroxyl groups is 1. The summed E-state index contributed by atoms with van der Waals surface area (Å²) in [6, 6.07) is 10.2. The van der Waals surface area contributed by atoms with E-state index in [9.17, 15) is 5.11 Å². The van der Waals surface area contributed by atoms with Gasteiger partial charge in [0.15, 0.2) is 5.60 Å². The number of methoxy groups -OCH3 is 1. The molecule has 0 aliphatic carbocycles. The summed E-state index contributed by atoms with van der Waals surface area (Å²) in [6.45, 7) is 3.19. The molecule has 5 fully saturated rings. The van der Waals surface area contributed by atoms with E-state index in [1.54, 1.807) is 7.11 Å². The first kappa shape index (κ1) is 19.0. The number of ether oxygens (including phenoxy) is 1. The van der Waals surface area contributed by atoms with Gasteiger partial charge < -0.3 is 9.84 Å². The van der Waals surface area contributed by atoms with E-state index in [1.807, 2.05) is 30.3 Å². The average Bonchev–Trinajstić information content (AvgIpc) is 3.10. The number of thioether (sulfide) groups is 1. The number of piperidine rings is 3. The molecule has 0 amide bonds. The van der Waals surface area contributed by atoms with Crippen LogP contribution in [0.3, 0.4) is 0 Å². The molecule has 5 aliphatic heterocycles. The quantitative estimate of drug-likeness (QED) is 0.789. The van der Waals surface area contributed by atoms with Crippen molar-refractivity contribution >= 4 is 11.8 Å². The predicted octanol–water partition coefficient (Wildman–Crippen LogP) is 3.66. The normalized spacial score (nSPS) is 41.1. The van der Waals surface area contributed by atoms with Crippen LogP contribution in [-0.2, 0) is 10.3 Å². The molecule has 0 radical (unpaired) electrons. The lowest BCUT2D eigenvalue weighted by atomic mass is 9.73. The van der Waals surface area contributed by atoms with E-state index in [1.165, 1.54) is 12.8 Å². The Morgan fingerprint density at radius 3 is 2.36 bits per heavy atom. The van der Waals surface area contributed by atoms with Crippen molar-refractivity contribution < 1.29 is 9.84 Å². The van der Waals surface area contributed by atoms with Crippen LogP contribution in [0.4, 0.5) is 0 Å². The van der Waals surface area contributed by atoms with Gasteiger partial charge in [0.2, 0.25) is 0 Å². The van der Waals surface area contributed by atoms with E-state index < -0.39 is 11.2 Å². The number of hydrogen-bond acceptors (Lipinski definition) is 4. The van der Waals surface area contributed by atoms with Crippen molar-refractivity contribution in [2.45, 2.75) is 60.2 Å². The first-order chi connectivity index (χ1) is 13.6. The number of benzene rings is 1. The Morgan fingerprint density at radius 2 is 1.79 bits per heavy atom. The predicted molar refractivity (Wildman–Crippen MR) is 114 cm³/mol. The second-order valence-corrected chi connectivity index (χ2v) is 10.8. The summed E-state index contributed by atoms with van der Waals surface area (Å²) in [5.74, 6) is 7.66. The number of rotatable bonds is 3. The van der Waals surface area contributed by atoms with Gasteiger partial charge >= 0.3 is 0 Å². The molecule has 0 spiro atoms. The standard InChI is InChI=1S/C24H31NO2S/c1-27-23(17-25-13-9-18(23)10-14-25)11-12-24(26,19-5-3-2-4-6-19)20-15-21-7-8-22(16-20)28-21/h2-6,18,20-22,26H,7-10,13-17H2,1H3/t20?,21?,22?,23-,24?/m1/s1. The van der Waals surface area contributed by atoms with Crippen molar-refractivity contribution in [2.24, 2.45) is 11.8 Å². The number of hydrogen-bond donors (Lipinski definition) is 1. The van der Waals surface area contributed by atoms with Crippen LogP contribution >= 0.6 is 11.8 Å². The molecule has 5 heterocycles. The molecule has 0 saturated carbocycles. The molecule has 1 aromatic carbocycles. The molecule has 150 valence electrons. The average molecular weight is 398 g/mol. The lowest BCUT2D eigenvalue weighted by Gasteiger charge is -2.50. The van der Waals surface area contributed by atoms with Gasteiger partial charge in [0.25, 0.3) is 0 Å². The maximum absolute atomic E-state index is 12.0. The van der Waals surface area contributed by atoms with Crippen molar-refractivity contribution in [2.75, 3.05) is 26.7 Å². The van der Waals surface area contributed by atoms with E-state index in [-0.39, 0.29) is 5.92 Å². The zero-order chi connectivity index (χ0) is 19.2. The lowest BCUT2D eigenvalue weighted by molar-refractivity contribution is -0.0967. The fraction of sp³-hybridized carbons (Fsp3) is 0.667. The van der Waals surface area contributed by atoms with Gasteiger partial charge in [0.05, 0.1) is 0 Å². The molecule has 0 aromatic heterocycles. The van der Waals surface area contributed by atoms with Crippen molar-refractivity contribution in [3.63, 3.8) is 0 Å². The smallest absolute Gasteiger partial charge is 0.153 e. The van der Waals surface area contributed by atoms with Crippen molar-refractivity contribution in [1.82, 2.24) is 4.90 Å². The minimum atomic E-state index is -1.08. The molecule has 1 N–H and O–H groups in total. The second-order valence-electron chi connectivity index (χ2n) is 9.15. The minimum Gasteiger partial charge on any atom is -0.373 e. The van der Waals surface area contributed by atoms with Gasteiger partial charge in [-0.2, -0.15) is 11.8 Å². The second kappa shape index (κ2) is 7.36. The Morgan fingerprint density at radius 1 is 1.11 bits per heavy atom. The van der Waals surface area contributed by atoms with Gasteiger partial charge in [0, 0.05) is 36.0 Å². The molecule has 4 atom stereocenters. The van der Waals surface area contributed by atoms with E-state index >= 15 is 0 Å². The zero-order valence-corrected chi connectivity index (χ0v) is 17.6. The first-order valence-corrected chi connectivity index (χ1v) is 11.8. The molecule has 28 heavy (non-hydrogen) atoms. The van der Waals surface area contributed by atoms with Crippen molar-refractivity contribution in [3.05, 3.63) is 35.9 Å². The molecule has 4 heteroatoms. The Kier molecular flexibility index (Phi) is 5.00. The Bertz CT molecular complexity index is 754. The maximum atomic E-state index is 12.0. The van der Waals surface area contributed by atoms with Gasteiger partial charge in [-0.25, -0.2) is 0 Å². The Hall–Kier alpha value is -0.990. The van der Waals surface area contributed by atoms with E-state index in [0.29, 0.717) is 16.4 Å². The number of nitrogens with zero attached hydrogens (tertiary/aromatic N) is 1. The SMILES string of the molecule is CO[C@]1(C#CC(O)(c2ccccc2)C2CC3CCC(C2)S3)CN2CCC1CC2. The van der Waals surface area contributed by atoms with Gasteiger partial charge in [-0.15, -0.1) is 0 Å². The molecule has 3 nitrogen and oxygen atoms in total. The Labute approximate surface area is 173 Å². The van der Waals surface area contributed by atoms with Crippen molar-refractivity contribution in [3.8, 4) is 11.8 Å². The topological polar surface area (TPSA) is 32.7 Å². The first-order valence-electron chi connectivity index (χ1n) is 10.9. The van der Waals surface area contributed by atoms with Crippen LogP contribution < -0.4 is 0 Å². The van der Waals surface area contributed by atoms with Crippen LogP contribution in [0, 0.1) is 23.7 Å². The third kappa shape index (κ3) is 3.21. The Balaban J connectivity index is 1.52. The highest BCUT2D eigenvalue weighted by atomic mass is 32.2. The molecule has 1 aromatic rings. The molecule has 4 bridgehead atoms. The summed E-state index contributed by atoms with van der Waals surface area (Å²) in [4.78, 5) is 2.47. The van der Waals surface area contributed by atoms with E-state index in [4.69, 9.17) is 4.74 Å². The highest BCUT2D eigenvalue weighted by molar-refractivity contribution is 8.00. The summed E-state index contributed by atoms with van der Waals surface area (Å²) >= 11 is 2.14. The monoisotopic (exact) mass is 397 g/mol. The molecule has 5 aliphatic rings. The summed E-state index contributed by atoms with van der Waals surface area (Å²) in [5.41, 5.74) is -0.561.